The molecular weight excluding hydrogens is 274 g/mol. The summed E-state index contributed by atoms with van der Waals surface area (Å²) in [5.74, 6) is -0.0294. The Morgan fingerprint density at radius 1 is 1.35 bits per heavy atom. The SMILES string of the molecule is Cc1cc(C)n(CC(=O)NCCc2cccc(Cl)c2)n1. The van der Waals surface area contributed by atoms with E-state index in [0.29, 0.717) is 6.54 Å². The molecule has 2 rings (SSSR count). The highest BCUT2D eigenvalue weighted by Crippen LogP contribution is 2.10. The van der Waals surface area contributed by atoms with Crippen LogP contribution in [0.2, 0.25) is 5.02 Å². The van der Waals surface area contributed by atoms with Gasteiger partial charge < -0.3 is 5.32 Å². The van der Waals surface area contributed by atoms with Gasteiger partial charge >= 0.3 is 0 Å². The van der Waals surface area contributed by atoms with Crippen molar-refractivity contribution in [2.45, 2.75) is 26.8 Å². The lowest BCUT2D eigenvalue weighted by Crippen LogP contribution is -2.30. The van der Waals surface area contributed by atoms with Crippen molar-refractivity contribution in [1.29, 1.82) is 0 Å². The summed E-state index contributed by atoms with van der Waals surface area (Å²) in [7, 11) is 0. The van der Waals surface area contributed by atoms with Crippen LogP contribution in [-0.4, -0.2) is 22.2 Å². The number of hydrogen-bond donors (Lipinski definition) is 1. The van der Waals surface area contributed by atoms with Gasteiger partial charge in [0, 0.05) is 17.3 Å². The molecule has 106 valence electrons. The summed E-state index contributed by atoms with van der Waals surface area (Å²) < 4.78 is 1.71. The third kappa shape index (κ3) is 4.10. The maximum Gasteiger partial charge on any atom is 0.241 e. The molecule has 2 aromatic rings. The second kappa shape index (κ2) is 6.57. The summed E-state index contributed by atoms with van der Waals surface area (Å²) in [5, 5.41) is 7.88. The van der Waals surface area contributed by atoms with Gasteiger partial charge in [0.15, 0.2) is 0 Å². The minimum atomic E-state index is -0.0294. The number of rotatable bonds is 5. The predicted molar refractivity (Wildman–Crippen MR) is 79.9 cm³/mol. The Hall–Kier alpha value is -1.81. The second-order valence-corrected chi connectivity index (χ2v) is 5.25. The predicted octanol–water partition coefficient (Wildman–Crippen LogP) is 2.51. The average molecular weight is 292 g/mol. The van der Waals surface area contributed by atoms with E-state index in [0.717, 1.165) is 28.4 Å². The van der Waals surface area contributed by atoms with E-state index in [1.54, 1.807) is 4.68 Å². The Bertz CT molecular complexity index is 607. The molecule has 0 bridgehead atoms. The van der Waals surface area contributed by atoms with E-state index in [4.69, 9.17) is 11.6 Å². The molecule has 0 aliphatic carbocycles. The second-order valence-electron chi connectivity index (χ2n) is 4.81. The van der Waals surface area contributed by atoms with Crippen LogP contribution in [0.1, 0.15) is 17.0 Å². The molecule has 0 atom stereocenters. The fourth-order valence-corrected chi connectivity index (χ4v) is 2.28. The van der Waals surface area contributed by atoms with Crippen LogP contribution in [0.3, 0.4) is 0 Å². The smallest absolute Gasteiger partial charge is 0.241 e. The minimum absolute atomic E-state index is 0.0294. The van der Waals surface area contributed by atoms with E-state index in [2.05, 4.69) is 10.4 Å². The number of amides is 1. The molecular formula is C15H18ClN3O. The number of benzene rings is 1. The highest BCUT2D eigenvalue weighted by atomic mass is 35.5. The van der Waals surface area contributed by atoms with Gasteiger partial charge in [-0.1, -0.05) is 23.7 Å². The lowest BCUT2D eigenvalue weighted by atomic mass is 10.1. The molecule has 1 aromatic heterocycles. The number of hydrogen-bond acceptors (Lipinski definition) is 2. The van der Waals surface area contributed by atoms with Crippen molar-refractivity contribution in [3.63, 3.8) is 0 Å². The first-order chi connectivity index (χ1) is 9.54. The molecule has 0 saturated heterocycles. The highest BCUT2D eigenvalue weighted by Gasteiger charge is 2.06. The quantitative estimate of drug-likeness (QED) is 0.920. The molecule has 5 heteroatoms. The Balaban J connectivity index is 1.79. The average Bonchev–Trinajstić information content (AvgIpc) is 2.68. The van der Waals surface area contributed by atoms with Crippen LogP contribution in [0.4, 0.5) is 0 Å². The van der Waals surface area contributed by atoms with Gasteiger partial charge in [-0.25, -0.2) is 0 Å². The fourth-order valence-electron chi connectivity index (χ4n) is 2.07. The zero-order valence-corrected chi connectivity index (χ0v) is 12.4. The molecule has 4 nitrogen and oxygen atoms in total. The van der Waals surface area contributed by atoms with Gasteiger partial charge in [-0.15, -0.1) is 0 Å². The summed E-state index contributed by atoms with van der Waals surface area (Å²) in [6.45, 7) is 4.72. The summed E-state index contributed by atoms with van der Waals surface area (Å²) in [4.78, 5) is 11.8. The third-order valence-electron chi connectivity index (χ3n) is 3.02. The minimum Gasteiger partial charge on any atom is -0.354 e. The number of carbonyl (C=O) groups is 1. The normalized spacial score (nSPS) is 10.6. The molecule has 0 spiro atoms. The molecule has 20 heavy (non-hydrogen) atoms. The van der Waals surface area contributed by atoms with Gasteiger partial charge in [-0.3, -0.25) is 9.48 Å². The van der Waals surface area contributed by atoms with Gasteiger partial charge in [0.05, 0.1) is 5.69 Å². The molecule has 0 aliphatic rings. The summed E-state index contributed by atoms with van der Waals surface area (Å²) in [6.07, 6.45) is 0.767. The molecule has 1 heterocycles. The number of nitrogens with one attached hydrogen (secondary N) is 1. The number of carbonyl (C=O) groups excluding carboxylic acids is 1. The van der Waals surface area contributed by atoms with E-state index in [1.807, 2.05) is 44.2 Å². The van der Waals surface area contributed by atoms with Crippen molar-refractivity contribution in [2.24, 2.45) is 0 Å². The lowest BCUT2D eigenvalue weighted by Gasteiger charge is -2.07. The Kier molecular flexibility index (Phi) is 4.79. The molecule has 0 fully saturated rings. The zero-order chi connectivity index (χ0) is 14.5. The van der Waals surface area contributed by atoms with Gasteiger partial charge in [-0.2, -0.15) is 5.10 Å². The van der Waals surface area contributed by atoms with E-state index in [9.17, 15) is 4.79 Å². The van der Waals surface area contributed by atoms with Gasteiger partial charge in [0.1, 0.15) is 6.54 Å². The zero-order valence-electron chi connectivity index (χ0n) is 11.7. The van der Waals surface area contributed by atoms with E-state index in [-0.39, 0.29) is 12.5 Å². The summed E-state index contributed by atoms with van der Waals surface area (Å²) >= 11 is 5.91. The fraction of sp³-hybridized carbons (Fsp3) is 0.333. The maximum atomic E-state index is 11.8. The maximum absolute atomic E-state index is 11.8. The van der Waals surface area contributed by atoms with E-state index >= 15 is 0 Å². The van der Waals surface area contributed by atoms with E-state index in [1.165, 1.54) is 0 Å². The van der Waals surface area contributed by atoms with Crippen LogP contribution in [-0.2, 0) is 17.8 Å². The molecule has 1 amide bonds. The van der Waals surface area contributed by atoms with Crippen molar-refractivity contribution in [3.05, 3.63) is 52.3 Å². The third-order valence-corrected chi connectivity index (χ3v) is 3.26. The van der Waals surface area contributed by atoms with Crippen LogP contribution >= 0.6 is 11.6 Å². The van der Waals surface area contributed by atoms with Crippen LogP contribution in [0.5, 0.6) is 0 Å². The monoisotopic (exact) mass is 291 g/mol. The first-order valence-electron chi connectivity index (χ1n) is 6.57. The van der Waals surface area contributed by atoms with Crippen LogP contribution in [0.25, 0.3) is 0 Å². The van der Waals surface area contributed by atoms with Crippen LogP contribution in [0, 0.1) is 13.8 Å². The van der Waals surface area contributed by atoms with Crippen LogP contribution < -0.4 is 5.32 Å². The van der Waals surface area contributed by atoms with Crippen LogP contribution in [0.15, 0.2) is 30.3 Å². The van der Waals surface area contributed by atoms with Crippen molar-refractivity contribution in [1.82, 2.24) is 15.1 Å². The largest absolute Gasteiger partial charge is 0.354 e. The van der Waals surface area contributed by atoms with Gasteiger partial charge in [0.2, 0.25) is 5.91 Å². The van der Waals surface area contributed by atoms with E-state index < -0.39 is 0 Å². The Morgan fingerprint density at radius 2 is 2.15 bits per heavy atom. The topological polar surface area (TPSA) is 46.9 Å². The lowest BCUT2D eigenvalue weighted by molar-refractivity contribution is -0.121. The number of aromatic nitrogens is 2. The Morgan fingerprint density at radius 3 is 2.80 bits per heavy atom. The van der Waals surface area contributed by atoms with Crippen molar-refractivity contribution >= 4 is 17.5 Å². The molecule has 1 aromatic carbocycles. The summed E-state index contributed by atoms with van der Waals surface area (Å²) in [6, 6.07) is 9.62. The van der Waals surface area contributed by atoms with Crippen molar-refractivity contribution < 1.29 is 4.79 Å². The number of halogens is 1. The number of nitrogens with zero attached hydrogens (tertiary/aromatic N) is 2. The first-order valence-corrected chi connectivity index (χ1v) is 6.94. The first kappa shape index (κ1) is 14.6. The molecule has 1 N–H and O–H groups in total. The highest BCUT2D eigenvalue weighted by molar-refractivity contribution is 6.30. The van der Waals surface area contributed by atoms with Crippen molar-refractivity contribution in [3.8, 4) is 0 Å². The van der Waals surface area contributed by atoms with Gasteiger partial charge in [-0.05, 0) is 44.0 Å². The molecule has 0 saturated carbocycles. The number of aryl methyl sites for hydroxylation is 2. The van der Waals surface area contributed by atoms with Crippen molar-refractivity contribution in [2.75, 3.05) is 6.54 Å². The molecule has 0 aliphatic heterocycles. The summed E-state index contributed by atoms with van der Waals surface area (Å²) in [5.41, 5.74) is 3.03. The molecule has 0 unspecified atom stereocenters. The van der Waals surface area contributed by atoms with Gasteiger partial charge in [0.25, 0.3) is 0 Å². The molecule has 0 radical (unpaired) electrons. The standard InChI is InChI=1S/C15H18ClN3O/c1-11-8-12(2)19(18-11)10-15(20)17-7-6-13-4-3-5-14(16)9-13/h3-5,8-9H,6-7,10H2,1-2H3,(H,17,20). The Labute approximate surface area is 123 Å².